The molecule has 4 rings (SSSR count). The van der Waals surface area contributed by atoms with Crippen LogP contribution in [0.5, 0.6) is 0 Å². The van der Waals surface area contributed by atoms with Crippen molar-refractivity contribution >= 4 is 23.5 Å². The Hall–Kier alpha value is -3.33. The Labute approximate surface area is 173 Å². The number of hydrogen-bond donors (Lipinski definition) is 0. The summed E-state index contributed by atoms with van der Waals surface area (Å²) in [6.45, 7) is 5.34. The van der Waals surface area contributed by atoms with Crippen molar-refractivity contribution in [3.8, 4) is 11.3 Å². The number of anilines is 1. The summed E-state index contributed by atoms with van der Waals surface area (Å²) >= 11 is 0. The van der Waals surface area contributed by atoms with E-state index in [1.165, 1.54) is 39.4 Å². The summed E-state index contributed by atoms with van der Waals surface area (Å²) in [5.74, 6) is 0. The van der Waals surface area contributed by atoms with Gasteiger partial charge < -0.3 is 4.90 Å². The van der Waals surface area contributed by atoms with E-state index in [2.05, 4.69) is 127 Å². The van der Waals surface area contributed by atoms with Crippen LogP contribution in [-0.2, 0) is 6.54 Å². The maximum absolute atomic E-state index is 2.40. The number of rotatable bonds is 5. The first kappa shape index (κ1) is 19.0. The van der Waals surface area contributed by atoms with E-state index in [9.17, 15) is 0 Å². The van der Waals surface area contributed by atoms with Gasteiger partial charge in [0.05, 0.1) is 12.7 Å². The van der Waals surface area contributed by atoms with E-state index < -0.39 is 0 Å². The zero-order valence-electron chi connectivity index (χ0n) is 17.6. The molecule has 29 heavy (non-hydrogen) atoms. The van der Waals surface area contributed by atoms with Gasteiger partial charge in [-0.1, -0.05) is 54.6 Å². The lowest BCUT2D eigenvalue weighted by Crippen LogP contribution is -2.33. The standard InChI is InChI=1S/C26H28N3/c1-5-28-25-19-22(12-11-21-13-15-24(16-14-21)27(3)4)17-18-29(25)20(2)26(28)23-9-7-6-8-10-23/h6-19H,5H2,1-4H3/q+1. The summed E-state index contributed by atoms with van der Waals surface area (Å²) in [5, 5.41) is 0. The van der Waals surface area contributed by atoms with Gasteiger partial charge >= 0.3 is 0 Å². The highest BCUT2D eigenvalue weighted by Gasteiger charge is 2.22. The van der Waals surface area contributed by atoms with Gasteiger partial charge in [-0.2, -0.15) is 4.40 Å². The molecule has 2 aromatic heterocycles. The average molecular weight is 383 g/mol. The topological polar surface area (TPSA) is 11.5 Å². The van der Waals surface area contributed by atoms with Crippen molar-refractivity contribution in [1.82, 2.24) is 4.40 Å². The largest absolute Gasteiger partial charge is 0.378 e. The predicted molar refractivity (Wildman–Crippen MR) is 123 cm³/mol. The van der Waals surface area contributed by atoms with Crippen LogP contribution in [0, 0.1) is 6.92 Å². The number of pyridine rings is 1. The molecule has 146 valence electrons. The van der Waals surface area contributed by atoms with Gasteiger partial charge in [-0.05, 0) is 36.2 Å². The van der Waals surface area contributed by atoms with Crippen LogP contribution in [0.25, 0.3) is 29.1 Å². The third-order valence-electron chi connectivity index (χ3n) is 5.45. The molecular weight excluding hydrogens is 354 g/mol. The molecule has 0 radical (unpaired) electrons. The molecule has 0 aliphatic heterocycles. The molecule has 2 aromatic carbocycles. The van der Waals surface area contributed by atoms with E-state index in [0.29, 0.717) is 0 Å². The van der Waals surface area contributed by atoms with Crippen molar-refractivity contribution in [2.45, 2.75) is 20.4 Å². The van der Waals surface area contributed by atoms with E-state index in [1.807, 2.05) is 0 Å². The van der Waals surface area contributed by atoms with Crippen LogP contribution in [0.15, 0.2) is 72.9 Å². The Morgan fingerprint density at radius 3 is 2.24 bits per heavy atom. The van der Waals surface area contributed by atoms with E-state index in [0.717, 1.165) is 6.54 Å². The highest BCUT2D eigenvalue weighted by molar-refractivity contribution is 5.72. The third-order valence-corrected chi connectivity index (χ3v) is 5.45. The van der Waals surface area contributed by atoms with Crippen LogP contribution < -0.4 is 9.47 Å². The average Bonchev–Trinajstić information content (AvgIpc) is 3.04. The van der Waals surface area contributed by atoms with Gasteiger partial charge in [0.2, 0.25) is 0 Å². The predicted octanol–water partition coefficient (Wildman–Crippen LogP) is 5.46. The normalized spacial score (nSPS) is 11.4. The first-order valence-electron chi connectivity index (χ1n) is 10.1. The van der Waals surface area contributed by atoms with Crippen molar-refractivity contribution in [2.24, 2.45) is 0 Å². The smallest absolute Gasteiger partial charge is 0.287 e. The molecule has 0 saturated carbocycles. The SMILES string of the molecule is CC[n+]1c(-c2ccccc2)c(C)n2ccc(C=Cc3ccc(N(C)C)cc3)cc21. The van der Waals surface area contributed by atoms with Gasteiger partial charge in [0.1, 0.15) is 0 Å². The molecular formula is C26H28N3+. The molecule has 0 N–H and O–H groups in total. The van der Waals surface area contributed by atoms with Crippen molar-refractivity contribution in [2.75, 3.05) is 19.0 Å². The van der Waals surface area contributed by atoms with E-state index in [1.54, 1.807) is 0 Å². The minimum Gasteiger partial charge on any atom is -0.378 e. The van der Waals surface area contributed by atoms with Gasteiger partial charge in [0.25, 0.3) is 5.65 Å². The summed E-state index contributed by atoms with van der Waals surface area (Å²) in [5.41, 5.74) is 8.65. The summed E-state index contributed by atoms with van der Waals surface area (Å²) < 4.78 is 4.68. The van der Waals surface area contributed by atoms with E-state index in [4.69, 9.17) is 0 Å². The van der Waals surface area contributed by atoms with Crippen LogP contribution >= 0.6 is 0 Å². The second-order valence-electron chi connectivity index (χ2n) is 7.55. The number of imidazole rings is 1. The van der Waals surface area contributed by atoms with Gasteiger partial charge in [0, 0.05) is 38.3 Å². The monoisotopic (exact) mass is 382 g/mol. The van der Waals surface area contributed by atoms with Crippen molar-refractivity contribution in [3.05, 3.63) is 89.7 Å². The quantitative estimate of drug-likeness (QED) is 0.417. The Kier molecular flexibility index (Phi) is 5.22. The lowest BCUT2D eigenvalue weighted by Gasteiger charge is -2.11. The molecule has 0 amide bonds. The maximum Gasteiger partial charge on any atom is 0.287 e. The minimum atomic E-state index is 0.931. The Morgan fingerprint density at radius 1 is 0.897 bits per heavy atom. The van der Waals surface area contributed by atoms with Crippen LogP contribution in [-0.4, -0.2) is 18.5 Å². The Morgan fingerprint density at radius 2 is 1.59 bits per heavy atom. The molecule has 2 heterocycles. The lowest BCUT2D eigenvalue weighted by molar-refractivity contribution is -0.656. The van der Waals surface area contributed by atoms with E-state index in [-0.39, 0.29) is 0 Å². The number of fused-ring (bicyclic) bond motifs is 1. The van der Waals surface area contributed by atoms with Crippen LogP contribution in [0.1, 0.15) is 23.7 Å². The molecule has 0 bridgehead atoms. The van der Waals surface area contributed by atoms with Gasteiger partial charge in [-0.25, -0.2) is 4.57 Å². The van der Waals surface area contributed by atoms with Crippen molar-refractivity contribution in [1.29, 1.82) is 0 Å². The lowest BCUT2D eigenvalue weighted by atomic mass is 10.1. The molecule has 0 aliphatic rings. The molecule has 0 spiro atoms. The first-order chi connectivity index (χ1) is 14.1. The first-order valence-corrected chi connectivity index (χ1v) is 10.1. The Bertz CT molecular complexity index is 1150. The fourth-order valence-electron chi connectivity index (χ4n) is 3.88. The van der Waals surface area contributed by atoms with Gasteiger partial charge in [0.15, 0.2) is 11.4 Å². The number of nitrogens with zero attached hydrogens (tertiary/aromatic N) is 3. The molecule has 0 aliphatic carbocycles. The number of aromatic nitrogens is 2. The maximum atomic E-state index is 2.40. The van der Waals surface area contributed by atoms with Crippen LogP contribution in [0.4, 0.5) is 5.69 Å². The highest BCUT2D eigenvalue weighted by atomic mass is 15.1. The summed E-state index contributed by atoms with van der Waals surface area (Å²) in [4.78, 5) is 2.12. The zero-order valence-corrected chi connectivity index (χ0v) is 17.6. The Balaban J connectivity index is 1.72. The molecule has 0 unspecified atom stereocenters. The molecule has 0 saturated heterocycles. The number of aryl methyl sites for hydroxylation is 2. The fraction of sp³-hybridized carbons (Fsp3) is 0.192. The molecule has 3 heteroatoms. The van der Waals surface area contributed by atoms with E-state index >= 15 is 0 Å². The number of hydrogen-bond acceptors (Lipinski definition) is 1. The summed E-state index contributed by atoms with van der Waals surface area (Å²) in [6, 6.07) is 23.7. The third kappa shape index (κ3) is 3.68. The summed E-state index contributed by atoms with van der Waals surface area (Å²) in [6.07, 6.45) is 6.54. The van der Waals surface area contributed by atoms with Crippen molar-refractivity contribution in [3.63, 3.8) is 0 Å². The van der Waals surface area contributed by atoms with Gasteiger partial charge in [-0.15, -0.1) is 0 Å². The van der Waals surface area contributed by atoms with Crippen LogP contribution in [0.3, 0.4) is 0 Å². The second kappa shape index (κ2) is 7.96. The molecule has 0 fully saturated rings. The fourth-order valence-corrected chi connectivity index (χ4v) is 3.88. The van der Waals surface area contributed by atoms with Gasteiger partial charge in [-0.3, -0.25) is 0 Å². The zero-order chi connectivity index (χ0) is 20.4. The van der Waals surface area contributed by atoms with Crippen molar-refractivity contribution < 1.29 is 4.57 Å². The van der Waals surface area contributed by atoms with Crippen LogP contribution in [0.2, 0.25) is 0 Å². The highest BCUT2D eigenvalue weighted by Crippen LogP contribution is 2.23. The molecule has 4 aromatic rings. The number of benzene rings is 2. The molecule has 0 atom stereocenters. The second-order valence-corrected chi connectivity index (χ2v) is 7.55. The minimum absolute atomic E-state index is 0.931. The molecule has 3 nitrogen and oxygen atoms in total. The summed E-state index contributed by atoms with van der Waals surface area (Å²) in [7, 11) is 4.12.